The van der Waals surface area contributed by atoms with E-state index in [9.17, 15) is 0 Å². The molecule has 2 rings (SSSR count). The normalized spacial score (nSPS) is 16.4. The zero-order valence-corrected chi connectivity index (χ0v) is 11.0. The molecule has 1 atom stereocenters. The van der Waals surface area contributed by atoms with Crippen LogP contribution in [0.15, 0.2) is 18.2 Å². The predicted octanol–water partition coefficient (Wildman–Crippen LogP) is 2.94. The highest BCUT2D eigenvalue weighted by Gasteiger charge is 2.10. The Morgan fingerprint density at radius 2 is 2.00 bits per heavy atom. The highest BCUT2D eigenvalue weighted by Crippen LogP contribution is 2.25. The summed E-state index contributed by atoms with van der Waals surface area (Å²) in [5.41, 5.74) is 3.01. The number of aryl methyl sites for hydroxylation is 2. The van der Waals surface area contributed by atoms with Crippen LogP contribution in [0.4, 0.5) is 0 Å². The van der Waals surface area contributed by atoms with Crippen LogP contribution in [0.1, 0.15) is 37.8 Å². The fraction of sp³-hybridized carbons (Fsp3) is 0.600. The fourth-order valence-electron chi connectivity index (χ4n) is 2.43. The highest BCUT2D eigenvalue weighted by molar-refractivity contribution is 5.37. The number of hydrogen-bond donors (Lipinski definition) is 1. The third kappa shape index (κ3) is 3.47. The third-order valence-corrected chi connectivity index (χ3v) is 3.37. The van der Waals surface area contributed by atoms with E-state index < -0.39 is 0 Å². The van der Waals surface area contributed by atoms with Gasteiger partial charge in [-0.3, -0.25) is 0 Å². The van der Waals surface area contributed by atoms with Gasteiger partial charge in [0.05, 0.1) is 0 Å². The van der Waals surface area contributed by atoms with Crippen LogP contribution < -0.4 is 10.1 Å². The number of fused-ring (bicyclic) bond motifs is 1. The molecule has 1 aromatic rings. The molecule has 1 unspecified atom stereocenters. The summed E-state index contributed by atoms with van der Waals surface area (Å²) in [5.74, 6) is 1.02. The zero-order valence-electron chi connectivity index (χ0n) is 11.0. The maximum absolute atomic E-state index is 5.82. The first-order chi connectivity index (χ1) is 8.29. The molecule has 2 heteroatoms. The van der Waals surface area contributed by atoms with Crippen molar-refractivity contribution in [1.29, 1.82) is 0 Å². The molecule has 0 aromatic heterocycles. The second-order valence-corrected chi connectivity index (χ2v) is 4.91. The summed E-state index contributed by atoms with van der Waals surface area (Å²) in [6.07, 6.45) is 5.12. The maximum Gasteiger partial charge on any atom is 0.119 e. The summed E-state index contributed by atoms with van der Waals surface area (Å²) in [6.45, 7) is 6.01. The van der Waals surface area contributed by atoms with E-state index in [4.69, 9.17) is 4.74 Å². The fourth-order valence-corrected chi connectivity index (χ4v) is 2.43. The van der Waals surface area contributed by atoms with Gasteiger partial charge in [-0.05, 0) is 62.4 Å². The molecule has 0 saturated carbocycles. The van der Waals surface area contributed by atoms with E-state index in [2.05, 4.69) is 37.4 Å². The molecule has 1 aliphatic carbocycles. The van der Waals surface area contributed by atoms with Gasteiger partial charge < -0.3 is 10.1 Å². The van der Waals surface area contributed by atoms with Gasteiger partial charge >= 0.3 is 0 Å². The average molecular weight is 233 g/mol. The summed E-state index contributed by atoms with van der Waals surface area (Å²) in [4.78, 5) is 0. The van der Waals surface area contributed by atoms with Crippen molar-refractivity contribution in [2.24, 2.45) is 0 Å². The molecule has 0 aliphatic heterocycles. The van der Waals surface area contributed by atoms with Crippen LogP contribution in [0.25, 0.3) is 0 Å². The molecular weight excluding hydrogens is 210 g/mol. The zero-order chi connectivity index (χ0) is 12.1. The second kappa shape index (κ2) is 6.06. The Hall–Kier alpha value is -1.02. The molecule has 1 N–H and O–H groups in total. The molecular formula is C15H23NO. The van der Waals surface area contributed by atoms with Crippen LogP contribution in [0.2, 0.25) is 0 Å². The topological polar surface area (TPSA) is 21.3 Å². The summed E-state index contributed by atoms with van der Waals surface area (Å²) >= 11 is 0. The lowest BCUT2D eigenvalue weighted by molar-refractivity contribution is 0.275. The van der Waals surface area contributed by atoms with Gasteiger partial charge in [0.25, 0.3) is 0 Å². The minimum Gasteiger partial charge on any atom is -0.492 e. The minimum atomic E-state index is 0.413. The van der Waals surface area contributed by atoms with Gasteiger partial charge in [0.15, 0.2) is 0 Å². The van der Waals surface area contributed by atoms with Gasteiger partial charge in [-0.1, -0.05) is 13.0 Å². The number of likely N-dealkylation sites (N-methyl/N-ethyl adjacent to an activating group) is 1. The Bertz CT molecular complexity index is 362. The average Bonchev–Trinajstić information content (AvgIpc) is 2.36. The molecule has 0 fully saturated rings. The molecule has 0 bridgehead atoms. The Morgan fingerprint density at radius 1 is 1.24 bits per heavy atom. The van der Waals surface area contributed by atoms with Crippen molar-refractivity contribution in [3.63, 3.8) is 0 Å². The SMILES string of the molecule is CCNC(C)COc1ccc2c(c1)CCCC2. The number of benzene rings is 1. The number of nitrogens with one attached hydrogen (secondary N) is 1. The number of ether oxygens (including phenoxy) is 1. The van der Waals surface area contributed by atoms with Crippen molar-refractivity contribution >= 4 is 0 Å². The molecule has 17 heavy (non-hydrogen) atoms. The van der Waals surface area contributed by atoms with Gasteiger partial charge in [-0.2, -0.15) is 0 Å². The van der Waals surface area contributed by atoms with Crippen molar-refractivity contribution < 1.29 is 4.74 Å². The van der Waals surface area contributed by atoms with Crippen molar-refractivity contribution in [2.45, 2.75) is 45.6 Å². The first-order valence-electron chi connectivity index (χ1n) is 6.77. The van der Waals surface area contributed by atoms with Crippen LogP contribution in [0.5, 0.6) is 5.75 Å². The van der Waals surface area contributed by atoms with Crippen molar-refractivity contribution in [1.82, 2.24) is 5.32 Å². The lowest BCUT2D eigenvalue weighted by Gasteiger charge is -2.18. The van der Waals surface area contributed by atoms with Crippen molar-refractivity contribution in [2.75, 3.05) is 13.2 Å². The quantitative estimate of drug-likeness (QED) is 0.844. The van der Waals surface area contributed by atoms with Gasteiger partial charge in [0.1, 0.15) is 12.4 Å². The van der Waals surface area contributed by atoms with Crippen LogP contribution >= 0.6 is 0 Å². The molecule has 1 aromatic carbocycles. The lowest BCUT2D eigenvalue weighted by Crippen LogP contribution is -2.31. The first kappa shape index (κ1) is 12.4. The van der Waals surface area contributed by atoms with E-state index in [0.29, 0.717) is 6.04 Å². The Balaban J connectivity index is 1.93. The number of rotatable bonds is 5. The first-order valence-corrected chi connectivity index (χ1v) is 6.77. The monoisotopic (exact) mass is 233 g/mol. The summed E-state index contributed by atoms with van der Waals surface area (Å²) in [7, 11) is 0. The van der Waals surface area contributed by atoms with E-state index >= 15 is 0 Å². The largest absolute Gasteiger partial charge is 0.492 e. The van der Waals surface area contributed by atoms with E-state index in [1.54, 1.807) is 0 Å². The van der Waals surface area contributed by atoms with Gasteiger partial charge in [-0.15, -0.1) is 0 Å². The molecule has 0 spiro atoms. The molecule has 94 valence electrons. The lowest BCUT2D eigenvalue weighted by atomic mass is 9.92. The summed E-state index contributed by atoms with van der Waals surface area (Å²) in [5, 5.41) is 3.35. The molecule has 0 saturated heterocycles. The molecule has 0 amide bonds. The van der Waals surface area contributed by atoms with Crippen LogP contribution in [0.3, 0.4) is 0 Å². The van der Waals surface area contributed by atoms with E-state index in [0.717, 1.165) is 18.9 Å². The Kier molecular flexibility index (Phi) is 4.43. The number of hydrogen-bond acceptors (Lipinski definition) is 2. The second-order valence-electron chi connectivity index (χ2n) is 4.91. The van der Waals surface area contributed by atoms with E-state index in [-0.39, 0.29) is 0 Å². The third-order valence-electron chi connectivity index (χ3n) is 3.37. The van der Waals surface area contributed by atoms with Gasteiger partial charge in [0, 0.05) is 6.04 Å². The van der Waals surface area contributed by atoms with Crippen molar-refractivity contribution in [3.05, 3.63) is 29.3 Å². The Labute approximate surface area is 104 Å². The van der Waals surface area contributed by atoms with Crippen LogP contribution in [-0.4, -0.2) is 19.2 Å². The van der Waals surface area contributed by atoms with E-state index in [1.807, 2.05) is 0 Å². The molecule has 0 heterocycles. The smallest absolute Gasteiger partial charge is 0.119 e. The Morgan fingerprint density at radius 3 is 2.76 bits per heavy atom. The van der Waals surface area contributed by atoms with E-state index in [1.165, 1.54) is 36.8 Å². The molecule has 1 aliphatic rings. The maximum atomic E-state index is 5.82. The van der Waals surface area contributed by atoms with Gasteiger partial charge in [0.2, 0.25) is 0 Å². The standard InChI is InChI=1S/C15H23NO/c1-3-16-12(2)11-17-15-9-8-13-6-4-5-7-14(13)10-15/h8-10,12,16H,3-7,11H2,1-2H3. The molecule has 2 nitrogen and oxygen atoms in total. The molecule has 0 radical (unpaired) electrons. The minimum absolute atomic E-state index is 0.413. The van der Waals surface area contributed by atoms with Crippen molar-refractivity contribution in [3.8, 4) is 5.75 Å². The predicted molar refractivity (Wildman–Crippen MR) is 71.7 cm³/mol. The van der Waals surface area contributed by atoms with Gasteiger partial charge in [-0.25, -0.2) is 0 Å². The summed E-state index contributed by atoms with van der Waals surface area (Å²) in [6, 6.07) is 6.99. The van der Waals surface area contributed by atoms with Crippen LogP contribution in [-0.2, 0) is 12.8 Å². The van der Waals surface area contributed by atoms with Crippen LogP contribution in [0, 0.1) is 0 Å². The highest BCUT2D eigenvalue weighted by atomic mass is 16.5. The summed E-state index contributed by atoms with van der Waals surface area (Å²) < 4.78 is 5.82.